The number of ether oxygens (including phenoxy) is 2. The summed E-state index contributed by atoms with van der Waals surface area (Å²) in [5, 5.41) is 5.60. The van der Waals surface area contributed by atoms with Gasteiger partial charge in [0, 0.05) is 63.4 Å². The Bertz CT molecular complexity index is 1760. The molecule has 1 aromatic carbocycles. The predicted octanol–water partition coefficient (Wildman–Crippen LogP) is 6.73. The van der Waals surface area contributed by atoms with Gasteiger partial charge in [0.05, 0.1) is 29.4 Å². The summed E-state index contributed by atoms with van der Waals surface area (Å²) in [4.78, 5) is 35.8. The summed E-state index contributed by atoms with van der Waals surface area (Å²) in [5.74, 6) is 0.335. The van der Waals surface area contributed by atoms with Crippen molar-refractivity contribution in [1.29, 1.82) is 0 Å². The van der Waals surface area contributed by atoms with Crippen LogP contribution in [0.15, 0.2) is 51.6 Å². The number of hydrogen-bond acceptors (Lipinski definition) is 9. The Morgan fingerprint density at radius 3 is 2.75 bits per heavy atom. The minimum atomic E-state index is -2.59. The maximum absolute atomic E-state index is 13.4. The van der Waals surface area contributed by atoms with Crippen LogP contribution in [-0.4, -0.2) is 65.9 Å². The number of allylic oxidation sites excluding steroid dienone is 2. The summed E-state index contributed by atoms with van der Waals surface area (Å²) in [6, 6.07) is 7.08. The van der Waals surface area contributed by atoms with Crippen LogP contribution in [-0.2, 0) is 9.53 Å². The summed E-state index contributed by atoms with van der Waals surface area (Å²) < 4.78 is 38.8. The lowest BCUT2D eigenvalue weighted by atomic mass is 9.84. The summed E-state index contributed by atoms with van der Waals surface area (Å²) in [7, 11) is 1.34. The fraction of sp³-hybridized carbons (Fsp3) is 0.406. The number of aliphatic imine (C=N–C) groups is 1. The number of pyridine rings is 1. The highest BCUT2D eigenvalue weighted by molar-refractivity contribution is 7.18. The molecule has 2 aromatic heterocycles. The first-order valence-electron chi connectivity index (χ1n) is 14.4. The van der Waals surface area contributed by atoms with Crippen LogP contribution >= 0.6 is 22.9 Å². The van der Waals surface area contributed by atoms with Gasteiger partial charge in [-0.3, -0.25) is 4.98 Å². The van der Waals surface area contributed by atoms with Gasteiger partial charge in [-0.2, -0.15) is 0 Å². The first-order valence-corrected chi connectivity index (χ1v) is 15.7. The molecule has 1 unspecified atom stereocenters. The molecule has 0 bridgehead atoms. The van der Waals surface area contributed by atoms with E-state index in [0.29, 0.717) is 52.8 Å². The van der Waals surface area contributed by atoms with Crippen molar-refractivity contribution in [3.8, 4) is 16.9 Å². The van der Waals surface area contributed by atoms with Gasteiger partial charge in [-0.15, -0.1) is 11.3 Å². The van der Waals surface area contributed by atoms with E-state index in [-0.39, 0.29) is 31.5 Å². The molecular formula is C32H31ClF2N4O4S. The molecule has 1 aliphatic heterocycles. The normalized spacial score (nSPS) is 19.8. The number of aryl methyl sites for hydroxylation is 1. The molecule has 230 valence electrons. The largest absolute Gasteiger partial charge is 0.491 e. The van der Waals surface area contributed by atoms with E-state index in [4.69, 9.17) is 26.1 Å². The standard InChI is InChI=1S/C32H31ClF2N4O4S/c1-17-10-23(30-29(36-17)25(16-44-30)31(41)42-3)22-11-19(33)4-7-28(22)43-9-8-39-18(2)37-26-6-5-20(12-24(26)27(39)15-40)38-21-13-32(34,35)14-21/h4,7,10-11,16,20-21,38H,5-6,8-9,12-14H2,1-3H3. The second-order valence-electron chi connectivity index (χ2n) is 11.4. The number of alkyl halides is 2. The molecular weight excluding hydrogens is 610 g/mol. The smallest absolute Gasteiger partial charge is 0.340 e. The number of benzene rings is 1. The van der Waals surface area contributed by atoms with E-state index in [1.54, 1.807) is 22.4 Å². The molecule has 1 N–H and O–H groups in total. The van der Waals surface area contributed by atoms with Crippen LogP contribution in [0.25, 0.3) is 21.3 Å². The zero-order valence-electron chi connectivity index (χ0n) is 24.5. The molecule has 8 nitrogen and oxygen atoms in total. The van der Waals surface area contributed by atoms with Gasteiger partial charge in [0.25, 0.3) is 5.92 Å². The van der Waals surface area contributed by atoms with Crippen LogP contribution in [0.4, 0.5) is 8.78 Å². The number of hydrogen-bond donors (Lipinski definition) is 1. The molecule has 0 amide bonds. The number of fused-ring (bicyclic) bond motifs is 1. The van der Waals surface area contributed by atoms with Crippen molar-refractivity contribution < 1.29 is 27.8 Å². The van der Waals surface area contributed by atoms with Gasteiger partial charge in [0.2, 0.25) is 0 Å². The molecule has 2 aliphatic carbocycles. The Morgan fingerprint density at radius 2 is 2.02 bits per heavy atom. The molecule has 3 heterocycles. The molecule has 1 atom stereocenters. The topological polar surface area (TPSA) is 93.1 Å². The van der Waals surface area contributed by atoms with Gasteiger partial charge in [-0.05, 0) is 57.4 Å². The van der Waals surface area contributed by atoms with E-state index < -0.39 is 11.9 Å². The Morgan fingerprint density at radius 1 is 1.23 bits per heavy atom. The van der Waals surface area contributed by atoms with Crippen molar-refractivity contribution in [2.45, 2.75) is 64.0 Å². The van der Waals surface area contributed by atoms with Crippen LogP contribution in [0.2, 0.25) is 5.02 Å². The molecule has 0 saturated heterocycles. The van der Waals surface area contributed by atoms with Crippen LogP contribution in [0, 0.1) is 6.92 Å². The lowest BCUT2D eigenvalue weighted by Crippen LogP contribution is -2.52. The van der Waals surface area contributed by atoms with Gasteiger partial charge in [0.15, 0.2) is 5.94 Å². The lowest BCUT2D eigenvalue weighted by Gasteiger charge is -2.40. The van der Waals surface area contributed by atoms with Crippen LogP contribution < -0.4 is 10.1 Å². The average molecular weight is 641 g/mol. The van der Waals surface area contributed by atoms with Gasteiger partial charge in [-0.25, -0.2) is 23.4 Å². The Kier molecular flexibility index (Phi) is 8.32. The first-order chi connectivity index (χ1) is 21.1. The molecule has 0 spiro atoms. The van der Waals surface area contributed by atoms with Crippen LogP contribution in [0.3, 0.4) is 0 Å². The van der Waals surface area contributed by atoms with E-state index in [1.165, 1.54) is 18.4 Å². The fourth-order valence-corrected chi connectivity index (χ4v) is 7.37. The van der Waals surface area contributed by atoms with Gasteiger partial charge in [-0.1, -0.05) is 11.6 Å². The molecule has 6 rings (SSSR count). The molecule has 3 aliphatic rings. The fourth-order valence-electron chi connectivity index (χ4n) is 6.19. The zero-order valence-corrected chi connectivity index (χ0v) is 26.1. The predicted molar refractivity (Wildman–Crippen MR) is 166 cm³/mol. The maximum Gasteiger partial charge on any atom is 0.340 e. The van der Waals surface area contributed by atoms with Crippen molar-refractivity contribution in [3.05, 3.63) is 62.9 Å². The van der Waals surface area contributed by atoms with Crippen molar-refractivity contribution in [2.75, 3.05) is 20.3 Å². The number of amidine groups is 1. The molecule has 0 radical (unpaired) electrons. The zero-order chi connectivity index (χ0) is 31.2. The third-order valence-corrected chi connectivity index (χ3v) is 9.53. The van der Waals surface area contributed by atoms with Crippen molar-refractivity contribution in [3.63, 3.8) is 0 Å². The Labute approximate surface area is 262 Å². The quantitative estimate of drug-likeness (QED) is 0.215. The van der Waals surface area contributed by atoms with E-state index in [2.05, 4.69) is 16.2 Å². The number of nitrogens with zero attached hydrogens (tertiary/aromatic N) is 3. The van der Waals surface area contributed by atoms with E-state index >= 15 is 0 Å². The second kappa shape index (κ2) is 12.0. The SMILES string of the molecule is COC(=O)c1csc2c(-c3cc(Cl)ccc3OCCN3C(=C=O)C4=C(CCC(NC5CC(F)(F)C5)C4)N=C3C)cc(C)nc12. The molecule has 1 saturated carbocycles. The Hall–Kier alpha value is -3.63. The minimum absolute atomic E-state index is 0.000799. The summed E-state index contributed by atoms with van der Waals surface area (Å²) in [6.45, 7) is 4.26. The molecule has 44 heavy (non-hydrogen) atoms. The van der Waals surface area contributed by atoms with E-state index in [0.717, 1.165) is 39.2 Å². The summed E-state index contributed by atoms with van der Waals surface area (Å²) in [6.07, 6.45) is 1.67. The molecule has 1 fully saturated rings. The number of aromatic nitrogens is 1. The molecule has 3 aromatic rings. The number of nitrogens with one attached hydrogen (secondary N) is 1. The first kappa shape index (κ1) is 30.4. The number of halogens is 3. The van der Waals surface area contributed by atoms with Crippen LogP contribution in [0.1, 0.15) is 55.1 Å². The number of carbonyl (C=O) groups excluding carboxylic acids is 2. The number of esters is 1. The summed E-state index contributed by atoms with van der Waals surface area (Å²) >= 11 is 7.82. The molecule has 12 heteroatoms. The maximum atomic E-state index is 13.4. The average Bonchev–Trinajstić information content (AvgIpc) is 3.40. The van der Waals surface area contributed by atoms with Crippen molar-refractivity contribution in [1.82, 2.24) is 15.2 Å². The monoisotopic (exact) mass is 640 g/mol. The lowest BCUT2D eigenvalue weighted by molar-refractivity contribution is -0.0949. The van der Waals surface area contributed by atoms with Gasteiger partial charge >= 0.3 is 5.97 Å². The highest BCUT2D eigenvalue weighted by Crippen LogP contribution is 2.42. The summed E-state index contributed by atoms with van der Waals surface area (Å²) in [5.41, 5.74) is 5.32. The highest BCUT2D eigenvalue weighted by Gasteiger charge is 2.46. The van der Waals surface area contributed by atoms with Crippen molar-refractivity contribution in [2.24, 2.45) is 4.99 Å². The van der Waals surface area contributed by atoms with E-state index in [1.807, 2.05) is 26.0 Å². The Balaban J connectivity index is 1.20. The number of rotatable bonds is 8. The second-order valence-corrected chi connectivity index (χ2v) is 12.7. The van der Waals surface area contributed by atoms with E-state index in [9.17, 15) is 18.4 Å². The number of carbonyl (C=O) groups is 1. The highest BCUT2D eigenvalue weighted by atomic mass is 35.5. The number of thiophene rings is 1. The van der Waals surface area contributed by atoms with Crippen LogP contribution in [0.5, 0.6) is 5.75 Å². The third kappa shape index (κ3) is 5.89. The minimum Gasteiger partial charge on any atom is -0.491 e. The number of methoxy groups -OCH3 is 1. The van der Waals surface area contributed by atoms with Crippen molar-refractivity contribution >= 4 is 50.9 Å². The van der Waals surface area contributed by atoms with Gasteiger partial charge < -0.3 is 19.7 Å². The van der Waals surface area contributed by atoms with Gasteiger partial charge in [0.1, 0.15) is 23.9 Å². The third-order valence-electron chi connectivity index (χ3n) is 8.29.